The number of nitrogens with zero attached hydrogens (tertiary/aromatic N) is 3. The van der Waals surface area contributed by atoms with Crippen LogP contribution in [0.15, 0.2) is 42.6 Å². The van der Waals surface area contributed by atoms with Gasteiger partial charge in [0.25, 0.3) is 0 Å². The lowest BCUT2D eigenvalue weighted by Crippen LogP contribution is -2.37. The molecule has 3 amide bonds. The normalized spacial score (nSPS) is 14.2. The van der Waals surface area contributed by atoms with Crippen molar-refractivity contribution in [3.05, 3.63) is 53.7 Å². The van der Waals surface area contributed by atoms with Gasteiger partial charge in [0.15, 0.2) is 0 Å². The Hall–Kier alpha value is -2.89. The molecule has 1 aliphatic heterocycles. The summed E-state index contributed by atoms with van der Waals surface area (Å²) in [6, 6.07) is 11.3. The smallest absolute Gasteiger partial charge is 0.313 e. The van der Waals surface area contributed by atoms with Crippen LogP contribution in [0.5, 0.6) is 0 Å². The number of anilines is 2. The third-order valence-electron chi connectivity index (χ3n) is 4.04. The Morgan fingerprint density at radius 2 is 1.92 bits per heavy atom. The van der Waals surface area contributed by atoms with Gasteiger partial charge in [0.05, 0.1) is 0 Å². The van der Waals surface area contributed by atoms with Crippen molar-refractivity contribution >= 4 is 23.4 Å². The maximum Gasteiger partial charge on any atom is 0.325 e. The third kappa shape index (κ3) is 3.37. The Labute approximate surface area is 141 Å². The molecule has 6 heteroatoms. The van der Waals surface area contributed by atoms with Gasteiger partial charge in [-0.25, -0.2) is 9.78 Å². The third-order valence-corrected chi connectivity index (χ3v) is 4.04. The number of hydrogen-bond acceptors (Lipinski definition) is 3. The van der Waals surface area contributed by atoms with Crippen LogP contribution in [0.4, 0.5) is 16.3 Å². The van der Waals surface area contributed by atoms with Crippen LogP contribution in [0.25, 0.3) is 0 Å². The van der Waals surface area contributed by atoms with Gasteiger partial charge in [-0.15, -0.1) is 0 Å². The van der Waals surface area contributed by atoms with E-state index in [0.717, 1.165) is 16.8 Å². The van der Waals surface area contributed by atoms with E-state index in [1.165, 1.54) is 0 Å². The molecule has 0 saturated carbocycles. The summed E-state index contributed by atoms with van der Waals surface area (Å²) in [6.45, 7) is 5.02. The first kappa shape index (κ1) is 16.0. The molecule has 1 fully saturated rings. The fourth-order valence-electron chi connectivity index (χ4n) is 2.66. The molecule has 1 N–H and O–H groups in total. The van der Waals surface area contributed by atoms with E-state index in [1.54, 1.807) is 16.0 Å². The van der Waals surface area contributed by atoms with E-state index in [4.69, 9.17) is 0 Å². The summed E-state index contributed by atoms with van der Waals surface area (Å²) in [5.41, 5.74) is 2.89. The molecule has 24 heavy (non-hydrogen) atoms. The predicted octanol–water partition coefficient (Wildman–Crippen LogP) is 2.58. The minimum Gasteiger partial charge on any atom is -0.313 e. The van der Waals surface area contributed by atoms with Gasteiger partial charge in [-0.3, -0.25) is 9.69 Å². The number of pyridine rings is 1. The maximum atomic E-state index is 12.5. The van der Waals surface area contributed by atoms with Crippen LogP contribution >= 0.6 is 0 Å². The zero-order valence-corrected chi connectivity index (χ0v) is 13.8. The number of hydrogen-bond donors (Lipinski definition) is 1. The number of aromatic nitrogens is 1. The zero-order valence-electron chi connectivity index (χ0n) is 13.8. The second-order valence-electron chi connectivity index (χ2n) is 5.91. The van der Waals surface area contributed by atoms with E-state index in [-0.39, 0.29) is 18.5 Å². The Morgan fingerprint density at radius 1 is 1.17 bits per heavy atom. The topological polar surface area (TPSA) is 65.5 Å². The highest BCUT2D eigenvalue weighted by atomic mass is 16.2. The van der Waals surface area contributed by atoms with Crippen molar-refractivity contribution in [1.29, 1.82) is 0 Å². The average molecular weight is 324 g/mol. The fourth-order valence-corrected chi connectivity index (χ4v) is 2.66. The van der Waals surface area contributed by atoms with Crippen molar-refractivity contribution < 1.29 is 9.59 Å². The van der Waals surface area contributed by atoms with Gasteiger partial charge in [-0.1, -0.05) is 23.8 Å². The summed E-state index contributed by atoms with van der Waals surface area (Å²) >= 11 is 0. The van der Waals surface area contributed by atoms with Gasteiger partial charge < -0.3 is 10.2 Å². The molecule has 1 aromatic heterocycles. The number of nitrogens with one attached hydrogen (secondary N) is 1. The largest absolute Gasteiger partial charge is 0.325 e. The zero-order chi connectivity index (χ0) is 17.1. The van der Waals surface area contributed by atoms with Crippen LogP contribution in [0.1, 0.15) is 11.1 Å². The molecule has 0 radical (unpaired) electrons. The standard InChI is InChI=1S/C18H20N4O2/c1-13-5-7-15(8-6-13)22-11-10-21(18(22)24)12-16(23)20-17-14(2)4-3-9-19-17/h3-9H,10-12H2,1-2H3,(H,19,20,23). The highest BCUT2D eigenvalue weighted by Gasteiger charge is 2.30. The Morgan fingerprint density at radius 3 is 2.62 bits per heavy atom. The number of rotatable bonds is 4. The van der Waals surface area contributed by atoms with E-state index >= 15 is 0 Å². The monoisotopic (exact) mass is 324 g/mol. The Bertz CT molecular complexity index is 758. The van der Waals surface area contributed by atoms with E-state index < -0.39 is 0 Å². The summed E-state index contributed by atoms with van der Waals surface area (Å²) in [5.74, 6) is 0.292. The quantitative estimate of drug-likeness (QED) is 0.940. The number of amides is 3. The molecule has 0 bridgehead atoms. The molecule has 2 aromatic rings. The molecule has 6 nitrogen and oxygen atoms in total. The van der Waals surface area contributed by atoms with Gasteiger partial charge >= 0.3 is 6.03 Å². The van der Waals surface area contributed by atoms with Crippen molar-refractivity contribution in [2.45, 2.75) is 13.8 Å². The van der Waals surface area contributed by atoms with Crippen LogP contribution in [-0.4, -0.2) is 41.5 Å². The SMILES string of the molecule is Cc1ccc(N2CCN(CC(=O)Nc3ncccc3C)C2=O)cc1. The molecule has 3 rings (SSSR count). The first-order valence-corrected chi connectivity index (χ1v) is 7.89. The number of benzene rings is 1. The Kier molecular flexibility index (Phi) is 4.46. The molecule has 2 heterocycles. The van der Waals surface area contributed by atoms with E-state index in [1.807, 2.05) is 50.2 Å². The molecule has 1 aliphatic rings. The average Bonchev–Trinajstić information content (AvgIpc) is 2.91. The summed E-state index contributed by atoms with van der Waals surface area (Å²) < 4.78 is 0. The van der Waals surface area contributed by atoms with Gasteiger partial charge in [-0.2, -0.15) is 0 Å². The van der Waals surface area contributed by atoms with E-state index in [0.29, 0.717) is 18.9 Å². The maximum absolute atomic E-state index is 12.5. The van der Waals surface area contributed by atoms with Crippen molar-refractivity contribution in [2.75, 3.05) is 29.9 Å². The second-order valence-corrected chi connectivity index (χ2v) is 5.91. The number of carbonyl (C=O) groups excluding carboxylic acids is 2. The molecule has 0 atom stereocenters. The molecule has 124 valence electrons. The molecular weight excluding hydrogens is 304 g/mol. The van der Waals surface area contributed by atoms with Crippen LogP contribution in [0, 0.1) is 13.8 Å². The lowest BCUT2D eigenvalue weighted by molar-refractivity contribution is -0.116. The van der Waals surface area contributed by atoms with Crippen molar-refractivity contribution in [1.82, 2.24) is 9.88 Å². The van der Waals surface area contributed by atoms with Crippen LogP contribution in [0.3, 0.4) is 0 Å². The number of carbonyl (C=O) groups is 2. The molecule has 0 unspecified atom stereocenters. The second kappa shape index (κ2) is 6.70. The minimum atomic E-state index is -0.240. The van der Waals surface area contributed by atoms with Gasteiger partial charge in [0.1, 0.15) is 12.4 Å². The van der Waals surface area contributed by atoms with Gasteiger partial charge in [0, 0.05) is 25.0 Å². The predicted molar refractivity (Wildman–Crippen MR) is 93.1 cm³/mol. The summed E-state index contributed by atoms with van der Waals surface area (Å²) in [6.07, 6.45) is 1.63. The van der Waals surface area contributed by atoms with Crippen LogP contribution in [0.2, 0.25) is 0 Å². The highest BCUT2D eigenvalue weighted by molar-refractivity contribution is 5.99. The minimum absolute atomic E-state index is 0.0250. The van der Waals surface area contributed by atoms with E-state index in [2.05, 4.69) is 10.3 Å². The van der Waals surface area contributed by atoms with E-state index in [9.17, 15) is 9.59 Å². The van der Waals surface area contributed by atoms with Crippen LogP contribution < -0.4 is 10.2 Å². The molecular formula is C18H20N4O2. The first-order chi connectivity index (χ1) is 11.5. The number of urea groups is 1. The lowest BCUT2D eigenvalue weighted by Gasteiger charge is -2.18. The molecule has 0 spiro atoms. The highest BCUT2D eigenvalue weighted by Crippen LogP contribution is 2.20. The van der Waals surface area contributed by atoms with Gasteiger partial charge in [-0.05, 0) is 37.6 Å². The summed E-state index contributed by atoms with van der Waals surface area (Å²) in [7, 11) is 0. The number of aryl methyl sites for hydroxylation is 2. The first-order valence-electron chi connectivity index (χ1n) is 7.89. The van der Waals surface area contributed by atoms with Crippen molar-refractivity contribution in [3.8, 4) is 0 Å². The van der Waals surface area contributed by atoms with Crippen molar-refractivity contribution in [2.24, 2.45) is 0 Å². The molecule has 1 saturated heterocycles. The fraction of sp³-hybridized carbons (Fsp3) is 0.278. The van der Waals surface area contributed by atoms with Crippen LogP contribution in [-0.2, 0) is 4.79 Å². The molecule has 1 aromatic carbocycles. The van der Waals surface area contributed by atoms with Crippen molar-refractivity contribution in [3.63, 3.8) is 0 Å². The lowest BCUT2D eigenvalue weighted by atomic mass is 10.2. The summed E-state index contributed by atoms with van der Waals surface area (Å²) in [5, 5.41) is 2.76. The summed E-state index contributed by atoms with van der Waals surface area (Å²) in [4.78, 5) is 32.1. The van der Waals surface area contributed by atoms with Gasteiger partial charge in [0.2, 0.25) is 5.91 Å². The molecule has 0 aliphatic carbocycles. The Balaban J connectivity index is 1.62.